The summed E-state index contributed by atoms with van der Waals surface area (Å²) in [6.45, 7) is 6.45. The van der Waals surface area contributed by atoms with E-state index in [1.807, 2.05) is 57.2 Å². The molecule has 0 saturated carbocycles. The molecule has 1 N–H and O–H groups in total. The van der Waals surface area contributed by atoms with Crippen molar-refractivity contribution in [2.24, 2.45) is 0 Å². The lowest BCUT2D eigenvalue weighted by molar-refractivity contribution is -0.122. The summed E-state index contributed by atoms with van der Waals surface area (Å²) in [6, 6.07) is 14.0. The first-order valence-electron chi connectivity index (χ1n) is 8.59. The van der Waals surface area contributed by atoms with E-state index < -0.39 is 0 Å². The normalized spacial score (nSPS) is 11.7. The van der Waals surface area contributed by atoms with Gasteiger partial charge in [-0.05, 0) is 68.1 Å². The van der Waals surface area contributed by atoms with Crippen LogP contribution in [0.4, 0.5) is 0 Å². The van der Waals surface area contributed by atoms with Gasteiger partial charge in [0.05, 0.1) is 20.1 Å². The number of amides is 1. The smallest absolute Gasteiger partial charge is 0.223 e. The number of benzene rings is 2. The first-order valence-corrected chi connectivity index (χ1v) is 8.59. The number of ether oxygens (including phenoxy) is 2. The van der Waals surface area contributed by atoms with Gasteiger partial charge in [0.15, 0.2) is 0 Å². The zero-order valence-electron chi connectivity index (χ0n) is 15.5. The number of aryl methyl sites for hydroxylation is 2. The molecule has 0 aliphatic rings. The quantitative estimate of drug-likeness (QED) is 0.794. The highest BCUT2D eigenvalue weighted by Crippen LogP contribution is 2.16. The first kappa shape index (κ1) is 18.8. The number of hydrogen-bond acceptors (Lipinski definition) is 3. The third-order valence-corrected chi connectivity index (χ3v) is 3.88. The van der Waals surface area contributed by atoms with Gasteiger partial charge in [0.2, 0.25) is 5.91 Å². The molecule has 4 heteroatoms. The van der Waals surface area contributed by atoms with E-state index in [2.05, 4.69) is 11.4 Å². The summed E-state index contributed by atoms with van der Waals surface area (Å²) < 4.78 is 10.9. The summed E-state index contributed by atoms with van der Waals surface area (Å²) in [5, 5.41) is 3.02. The fourth-order valence-corrected chi connectivity index (χ4v) is 2.83. The molecule has 0 saturated heterocycles. The van der Waals surface area contributed by atoms with Crippen LogP contribution in [0.3, 0.4) is 0 Å². The Morgan fingerprint density at radius 1 is 1.08 bits per heavy atom. The van der Waals surface area contributed by atoms with E-state index in [1.54, 1.807) is 7.11 Å². The summed E-state index contributed by atoms with van der Waals surface area (Å²) >= 11 is 0. The third-order valence-electron chi connectivity index (χ3n) is 3.88. The van der Waals surface area contributed by atoms with Gasteiger partial charge >= 0.3 is 0 Å². The van der Waals surface area contributed by atoms with Gasteiger partial charge in [-0.15, -0.1) is 0 Å². The topological polar surface area (TPSA) is 47.6 Å². The summed E-state index contributed by atoms with van der Waals surface area (Å²) in [6.07, 6.45) is 1.11. The van der Waals surface area contributed by atoms with Crippen LogP contribution < -0.4 is 14.8 Å². The van der Waals surface area contributed by atoms with Crippen LogP contribution in [0.2, 0.25) is 0 Å². The summed E-state index contributed by atoms with van der Waals surface area (Å²) in [7, 11) is 1.65. The minimum Gasteiger partial charge on any atom is -0.497 e. The Hall–Kier alpha value is -2.49. The average Bonchev–Trinajstić information content (AvgIpc) is 2.54. The molecule has 0 spiro atoms. The van der Waals surface area contributed by atoms with E-state index in [4.69, 9.17) is 9.47 Å². The number of carbonyl (C=O) groups excluding carboxylic acids is 1. The molecule has 0 radical (unpaired) electrons. The molecule has 0 bridgehead atoms. The van der Waals surface area contributed by atoms with Crippen molar-refractivity contribution >= 4 is 5.91 Å². The average molecular weight is 341 g/mol. The number of rotatable bonds is 8. The van der Waals surface area contributed by atoms with Crippen molar-refractivity contribution in [2.45, 2.75) is 39.7 Å². The highest BCUT2D eigenvalue weighted by molar-refractivity contribution is 5.76. The molecular formula is C21H27NO3. The van der Waals surface area contributed by atoms with Crippen LogP contribution in [-0.2, 0) is 11.2 Å². The summed E-state index contributed by atoms with van der Waals surface area (Å²) in [4.78, 5) is 12.1. The lowest BCUT2D eigenvalue weighted by Crippen LogP contribution is -2.34. The molecule has 0 fully saturated rings. The van der Waals surface area contributed by atoms with Gasteiger partial charge in [0.25, 0.3) is 0 Å². The molecule has 0 aliphatic heterocycles. The Bertz CT molecular complexity index is 692. The van der Waals surface area contributed by atoms with Gasteiger partial charge in [-0.1, -0.05) is 18.2 Å². The molecule has 1 atom stereocenters. The van der Waals surface area contributed by atoms with E-state index in [0.717, 1.165) is 34.6 Å². The lowest BCUT2D eigenvalue weighted by atomic mass is 10.1. The number of methoxy groups -OCH3 is 1. The molecule has 0 aromatic heterocycles. The molecule has 2 aromatic carbocycles. The van der Waals surface area contributed by atoms with Crippen molar-refractivity contribution in [2.75, 3.05) is 13.7 Å². The maximum Gasteiger partial charge on any atom is 0.223 e. The van der Waals surface area contributed by atoms with E-state index in [0.29, 0.717) is 13.0 Å². The van der Waals surface area contributed by atoms with Crippen LogP contribution >= 0.6 is 0 Å². The zero-order valence-corrected chi connectivity index (χ0v) is 15.5. The Kier molecular flexibility index (Phi) is 6.87. The van der Waals surface area contributed by atoms with Crippen molar-refractivity contribution in [3.8, 4) is 11.5 Å². The lowest BCUT2D eigenvalue weighted by Gasteiger charge is -2.15. The van der Waals surface area contributed by atoms with Crippen molar-refractivity contribution in [1.82, 2.24) is 5.32 Å². The Labute approximate surface area is 150 Å². The number of hydrogen-bond donors (Lipinski definition) is 1. The van der Waals surface area contributed by atoms with Crippen LogP contribution in [0.15, 0.2) is 42.5 Å². The van der Waals surface area contributed by atoms with Crippen LogP contribution in [0.5, 0.6) is 11.5 Å². The zero-order chi connectivity index (χ0) is 18.2. The highest BCUT2D eigenvalue weighted by atomic mass is 16.5. The Morgan fingerprint density at radius 2 is 1.80 bits per heavy atom. The second-order valence-corrected chi connectivity index (χ2v) is 6.45. The first-order chi connectivity index (χ1) is 12.0. The predicted octanol–water partition coefficient (Wildman–Crippen LogP) is 3.83. The monoisotopic (exact) mass is 341 g/mol. The highest BCUT2D eigenvalue weighted by Gasteiger charge is 2.09. The van der Waals surface area contributed by atoms with Crippen LogP contribution in [0.1, 0.15) is 30.0 Å². The number of carbonyl (C=O) groups is 1. The van der Waals surface area contributed by atoms with Crippen molar-refractivity contribution in [3.63, 3.8) is 0 Å². The van der Waals surface area contributed by atoms with Crippen LogP contribution in [0.25, 0.3) is 0 Å². The predicted molar refractivity (Wildman–Crippen MR) is 100 cm³/mol. The van der Waals surface area contributed by atoms with E-state index in [1.165, 1.54) is 0 Å². The van der Waals surface area contributed by atoms with Crippen LogP contribution in [-0.4, -0.2) is 25.7 Å². The SMILES string of the molecule is COc1cccc(CC(C)NC(=O)CCOc2cc(C)cc(C)c2)c1. The number of nitrogens with one attached hydrogen (secondary N) is 1. The van der Waals surface area contributed by atoms with Gasteiger partial charge in [-0.3, -0.25) is 4.79 Å². The fourth-order valence-electron chi connectivity index (χ4n) is 2.83. The molecule has 4 nitrogen and oxygen atoms in total. The van der Waals surface area contributed by atoms with Crippen molar-refractivity contribution in [1.29, 1.82) is 0 Å². The van der Waals surface area contributed by atoms with Gasteiger partial charge < -0.3 is 14.8 Å². The van der Waals surface area contributed by atoms with Gasteiger partial charge in [0.1, 0.15) is 11.5 Å². The molecule has 2 aromatic rings. The van der Waals surface area contributed by atoms with E-state index in [-0.39, 0.29) is 11.9 Å². The molecular weight excluding hydrogens is 314 g/mol. The molecule has 134 valence electrons. The van der Waals surface area contributed by atoms with Crippen molar-refractivity contribution < 1.29 is 14.3 Å². The summed E-state index contributed by atoms with van der Waals surface area (Å²) in [5.41, 5.74) is 3.45. The van der Waals surface area contributed by atoms with Crippen molar-refractivity contribution in [3.05, 3.63) is 59.2 Å². The van der Waals surface area contributed by atoms with E-state index in [9.17, 15) is 4.79 Å². The second-order valence-electron chi connectivity index (χ2n) is 6.45. The minimum absolute atomic E-state index is 0.000212. The van der Waals surface area contributed by atoms with Gasteiger partial charge in [-0.2, -0.15) is 0 Å². The molecule has 25 heavy (non-hydrogen) atoms. The molecule has 2 rings (SSSR count). The van der Waals surface area contributed by atoms with E-state index >= 15 is 0 Å². The van der Waals surface area contributed by atoms with Gasteiger partial charge in [-0.25, -0.2) is 0 Å². The largest absolute Gasteiger partial charge is 0.497 e. The minimum atomic E-state index is -0.000212. The molecule has 0 heterocycles. The maximum atomic E-state index is 12.1. The fraction of sp³-hybridized carbons (Fsp3) is 0.381. The Balaban J connectivity index is 1.75. The third kappa shape index (κ3) is 6.49. The Morgan fingerprint density at radius 3 is 2.48 bits per heavy atom. The molecule has 0 aliphatic carbocycles. The molecule has 1 amide bonds. The van der Waals surface area contributed by atoms with Gasteiger partial charge in [0, 0.05) is 6.04 Å². The molecule has 1 unspecified atom stereocenters. The maximum absolute atomic E-state index is 12.1. The van der Waals surface area contributed by atoms with Crippen LogP contribution in [0, 0.1) is 13.8 Å². The standard InChI is InChI=1S/C21H27NO3/c1-15-10-16(2)12-20(11-15)25-9-8-21(23)22-17(3)13-18-6-5-7-19(14-18)24-4/h5-7,10-12,14,17H,8-9,13H2,1-4H3,(H,22,23). The second kappa shape index (κ2) is 9.11. The summed E-state index contributed by atoms with van der Waals surface area (Å²) in [5.74, 6) is 1.65.